The number of aromatic amines is 1. The van der Waals surface area contributed by atoms with Gasteiger partial charge < -0.3 is 9.47 Å². The fourth-order valence-corrected chi connectivity index (χ4v) is 4.16. The summed E-state index contributed by atoms with van der Waals surface area (Å²) >= 11 is 1.03. The van der Waals surface area contributed by atoms with Gasteiger partial charge in [-0.2, -0.15) is 18.2 Å². The van der Waals surface area contributed by atoms with Gasteiger partial charge in [-0.25, -0.2) is 9.78 Å². The maximum absolute atomic E-state index is 12.6. The van der Waals surface area contributed by atoms with Crippen LogP contribution in [0.4, 0.5) is 18.0 Å². The molecular formula is C18H15F3N4O4S. The largest absolute Gasteiger partial charge is 0.455 e. The van der Waals surface area contributed by atoms with Crippen LogP contribution in [0.5, 0.6) is 11.8 Å². The molecule has 1 aliphatic rings. The number of H-pyrrole nitrogens is 1. The van der Waals surface area contributed by atoms with Gasteiger partial charge in [-0.1, -0.05) is 29.5 Å². The first-order valence-electron chi connectivity index (χ1n) is 8.94. The van der Waals surface area contributed by atoms with E-state index in [1.165, 1.54) is 4.90 Å². The van der Waals surface area contributed by atoms with Crippen LogP contribution in [0.15, 0.2) is 35.1 Å². The Morgan fingerprint density at radius 2 is 2.03 bits per heavy atom. The zero-order chi connectivity index (χ0) is 21.3. The number of hydrogen-bond acceptors (Lipinski definition) is 7. The normalized spacial score (nSPS) is 16.8. The Bertz CT molecular complexity index is 1120. The second kappa shape index (κ2) is 7.94. The Hall–Kier alpha value is -3.15. The molecule has 1 N–H and O–H groups in total. The number of aromatic nitrogens is 3. The molecule has 0 bridgehead atoms. The number of alkyl halides is 3. The van der Waals surface area contributed by atoms with Crippen molar-refractivity contribution in [2.45, 2.75) is 25.1 Å². The number of nitrogens with zero attached hydrogens (tertiary/aromatic N) is 3. The van der Waals surface area contributed by atoms with Gasteiger partial charge in [-0.15, -0.1) is 0 Å². The van der Waals surface area contributed by atoms with Crippen molar-refractivity contribution in [3.63, 3.8) is 0 Å². The van der Waals surface area contributed by atoms with Crippen molar-refractivity contribution in [2.24, 2.45) is 0 Å². The summed E-state index contributed by atoms with van der Waals surface area (Å²) in [7, 11) is 0. The highest BCUT2D eigenvalue weighted by Gasteiger charge is 2.34. The summed E-state index contributed by atoms with van der Waals surface area (Å²) < 4.78 is 46.9. The Kier molecular flexibility index (Phi) is 5.33. The predicted molar refractivity (Wildman–Crippen MR) is 101 cm³/mol. The van der Waals surface area contributed by atoms with Gasteiger partial charge in [0.2, 0.25) is 0 Å². The first-order valence-corrected chi connectivity index (χ1v) is 9.75. The predicted octanol–water partition coefficient (Wildman–Crippen LogP) is 3.66. The summed E-state index contributed by atoms with van der Waals surface area (Å²) in [5.74, 6) is 0.405. The van der Waals surface area contributed by atoms with E-state index in [1.54, 1.807) is 30.3 Å². The second-order valence-electron chi connectivity index (χ2n) is 6.51. The van der Waals surface area contributed by atoms with Crippen LogP contribution in [0.3, 0.4) is 0 Å². The number of likely N-dealkylation sites (tertiary alicyclic amines) is 1. The first kappa shape index (κ1) is 20.1. The average Bonchev–Trinajstić information content (AvgIpc) is 3.33. The van der Waals surface area contributed by atoms with Gasteiger partial charge in [-0.05, 0) is 25.0 Å². The minimum atomic E-state index is -4.56. The number of fused-ring (bicyclic) bond motifs is 1. The van der Waals surface area contributed by atoms with E-state index in [4.69, 9.17) is 4.74 Å². The van der Waals surface area contributed by atoms with E-state index >= 15 is 0 Å². The molecule has 1 unspecified atom stereocenters. The number of thiazole rings is 1. The maximum Gasteiger partial charge on any atom is 0.422 e. The Morgan fingerprint density at radius 1 is 1.27 bits per heavy atom. The van der Waals surface area contributed by atoms with Gasteiger partial charge in [0.15, 0.2) is 17.0 Å². The summed E-state index contributed by atoms with van der Waals surface area (Å²) in [5.41, 5.74) is -0.728. The van der Waals surface area contributed by atoms with Crippen LogP contribution in [0.25, 0.3) is 10.3 Å². The van der Waals surface area contributed by atoms with Crippen LogP contribution >= 0.6 is 11.3 Å². The molecule has 0 spiro atoms. The fraction of sp³-hybridized carbons (Fsp3) is 0.333. The summed E-state index contributed by atoms with van der Waals surface area (Å²) in [4.78, 5) is 36.7. The molecule has 12 heteroatoms. The standard InChI is InChI=1S/C18H15F3N4O4S/c19-18(20,21)9-28-16-23-13(26)12-15(24-16)30-14(22-12)11-7-4-8-25(11)17(27)29-10-5-2-1-3-6-10/h1-3,5-6,11H,4,7-9H2,(H,23,24,26). The number of nitrogens with one attached hydrogen (secondary N) is 1. The molecule has 1 aliphatic heterocycles. The van der Waals surface area contributed by atoms with Crippen molar-refractivity contribution in [3.05, 3.63) is 45.7 Å². The van der Waals surface area contributed by atoms with E-state index in [0.29, 0.717) is 30.1 Å². The van der Waals surface area contributed by atoms with E-state index in [-0.39, 0.29) is 10.3 Å². The average molecular weight is 440 g/mol. The lowest BCUT2D eigenvalue weighted by Crippen LogP contribution is -2.33. The van der Waals surface area contributed by atoms with Gasteiger partial charge >= 0.3 is 12.3 Å². The molecule has 0 aliphatic carbocycles. The van der Waals surface area contributed by atoms with Crippen molar-refractivity contribution in [1.82, 2.24) is 19.9 Å². The smallest absolute Gasteiger partial charge is 0.422 e. The molecule has 30 heavy (non-hydrogen) atoms. The molecule has 0 saturated carbocycles. The summed E-state index contributed by atoms with van der Waals surface area (Å²) in [6.45, 7) is -1.12. The molecular weight excluding hydrogens is 425 g/mol. The van der Waals surface area contributed by atoms with Crippen molar-refractivity contribution >= 4 is 27.8 Å². The molecule has 2 aromatic heterocycles. The van der Waals surface area contributed by atoms with Crippen molar-refractivity contribution in [1.29, 1.82) is 0 Å². The minimum Gasteiger partial charge on any atom is -0.455 e. The highest BCUT2D eigenvalue weighted by Crippen LogP contribution is 2.36. The van der Waals surface area contributed by atoms with Crippen LogP contribution in [0.1, 0.15) is 23.9 Å². The highest BCUT2D eigenvalue weighted by molar-refractivity contribution is 7.18. The molecule has 3 heterocycles. The van der Waals surface area contributed by atoms with Crippen LogP contribution in [-0.2, 0) is 0 Å². The lowest BCUT2D eigenvalue weighted by atomic mass is 10.2. The number of rotatable bonds is 4. The van der Waals surface area contributed by atoms with Gasteiger partial charge in [-0.3, -0.25) is 14.7 Å². The molecule has 1 amide bonds. The lowest BCUT2D eigenvalue weighted by molar-refractivity contribution is -0.154. The van der Waals surface area contributed by atoms with E-state index in [9.17, 15) is 22.8 Å². The van der Waals surface area contributed by atoms with Crippen LogP contribution in [0.2, 0.25) is 0 Å². The van der Waals surface area contributed by atoms with Crippen LogP contribution < -0.4 is 15.0 Å². The molecule has 4 rings (SSSR count). The highest BCUT2D eigenvalue weighted by atomic mass is 32.1. The number of para-hydroxylation sites is 1. The third kappa shape index (κ3) is 4.37. The Labute approximate surface area is 171 Å². The molecule has 1 fully saturated rings. The molecule has 0 radical (unpaired) electrons. The number of carbonyl (C=O) groups is 1. The van der Waals surface area contributed by atoms with Crippen LogP contribution in [-0.4, -0.2) is 45.3 Å². The van der Waals surface area contributed by atoms with E-state index in [1.807, 2.05) is 0 Å². The molecule has 3 aromatic rings. The van der Waals surface area contributed by atoms with Crippen LogP contribution in [0, 0.1) is 0 Å². The topological polar surface area (TPSA) is 97.4 Å². The van der Waals surface area contributed by atoms with E-state index in [2.05, 4.69) is 19.7 Å². The molecule has 8 nitrogen and oxygen atoms in total. The van der Waals surface area contributed by atoms with Gasteiger partial charge in [0.05, 0.1) is 6.04 Å². The molecule has 1 aromatic carbocycles. The Morgan fingerprint density at radius 3 is 2.77 bits per heavy atom. The SMILES string of the molecule is O=C(Oc1ccccc1)N1CCCC1c1nc2c(=O)[nH]c(OCC(F)(F)F)nc2s1. The van der Waals surface area contributed by atoms with E-state index in [0.717, 1.165) is 11.3 Å². The lowest BCUT2D eigenvalue weighted by Gasteiger charge is -2.22. The molecule has 1 atom stereocenters. The summed E-state index contributed by atoms with van der Waals surface area (Å²) in [5, 5.41) is 0.457. The van der Waals surface area contributed by atoms with Gasteiger partial charge in [0.1, 0.15) is 10.8 Å². The fourth-order valence-electron chi connectivity index (χ4n) is 3.08. The number of ether oxygens (including phenoxy) is 2. The first-order chi connectivity index (χ1) is 14.3. The maximum atomic E-state index is 12.6. The van der Waals surface area contributed by atoms with Crippen molar-refractivity contribution in [3.8, 4) is 11.8 Å². The van der Waals surface area contributed by atoms with E-state index < -0.39 is 36.5 Å². The third-order valence-corrected chi connectivity index (χ3v) is 5.41. The summed E-state index contributed by atoms with van der Waals surface area (Å²) in [6.07, 6.45) is -3.78. The minimum absolute atomic E-state index is 0.0161. The van der Waals surface area contributed by atoms with Gasteiger partial charge in [0, 0.05) is 6.54 Å². The second-order valence-corrected chi connectivity index (χ2v) is 7.52. The zero-order valence-corrected chi connectivity index (χ0v) is 16.1. The quantitative estimate of drug-likeness (QED) is 0.665. The number of benzene rings is 1. The summed E-state index contributed by atoms with van der Waals surface area (Å²) in [6, 6.07) is 7.65. The number of amides is 1. The molecule has 158 valence electrons. The number of hydrogen-bond donors (Lipinski definition) is 1. The monoisotopic (exact) mass is 440 g/mol. The third-order valence-electron chi connectivity index (χ3n) is 4.36. The number of halogens is 3. The number of carbonyl (C=O) groups excluding carboxylic acids is 1. The Balaban J connectivity index is 1.56. The van der Waals surface area contributed by atoms with Crippen molar-refractivity contribution in [2.75, 3.05) is 13.2 Å². The van der Waals surface area contributed by atoms with Crippen molar-refractivity contribution < 1.29 is 27.4 Å². The molecule has 1 saturated heterocycles. The van der Waals surface area contributed by atoms with Gasteiger partial charge in [0.25, 0.3) is 11.6 Å². The zero-order valence-electron chi connectivity index (χ0n) is 15.3.